The third-order valence-electron chi connectivity index (χ3n) is 4.63. The van der Waals surface area contributed by atoms with Crippen molar-refractivity contribution in [1.82, 2.24) is 16.0 Å². The third kappa shape index (κ3) is 8.13. The fourth-order valence-corrected chi connectivity index (χ4v) is 3.11. The first-order valence-corrected chi connectivity index (χ1v) is 11.4. The zero-order valence-corrected chi connectivity index (χ0v) is 19.7. The van der Waals surface area contributed by atoms with E-state index >= 15 is 0 Å². The van der Waals surface area contributed by atoms with Gasteiger partial charge < -0.3 is 25.4 Å². The molecule has 0 unspecified atom stereocenters. The number of aliphatic imine (C=N–C) groups is 1. The predicted molar refractivity (Wildman–Crippen MR) is 130 cm³/mol. The highest BCUT2D eigenvalue weighted by molar-refractivity contribution is 5.94. The summed E-state index contributed by atoms with van der Waals surface area (Å²) in [5.74, 6) is 2.26. The van der Waals surface area contributed by atoms with Crippen LogP contribution >= 0.6 is 0 Å². The van der Waals surface area contributed by atoms with Crippen LogP contribution in [-0.2, 0) is 13.0 Å². The number of hydrogen-bond acceptors (Lipinski definition) is 4. The van der Waals surface area contributed by atoms with Crippen molar-refractivity contribution in [2.75, 3.05) is 32.8 Å². The number of carbonyl (C=O) groups excluding carboxylic acids is 1. The maximum atomic E-state index is 11.9. The van der Waals surface area contributed by atoms with Gasteiger partial charge >= 0.3 is 0 Å². The standard InChI is InChI=1S/C25H36N4O3/c1-5-26-24(30)21-12-9-20(10-13-21)18-29-25(27-6-2)28-16-15-19-11-14-22(31-7-3)23(17-19)32-8-4/h9-14,17H,5-8,15-16,18H2,1-4H3,(H,26,30)(H2,27,28,29). The van der Waals surface area contributed by atoms with Gasteiger partial charge in [0.1, 0.15) is 0 Å². The normalized spacial score (nSPS) is 11.1. The van der Waals surface area contributed by atoms with Gasteiger partial charge in [-0.3, -0.25) is 4.79 Å². The number of amides is 1. The van der Waals surface area contributed by atoms with Crippen LogP contribution in [0.2, 0.25) is 0 Å². The molecule has 0 saturated heterocycles. The number of ether oxygens (including phenoxy) is 2. The van der Waals surface area contributed by atoms with Gasteiger partial charge in [-0.25, -0.2) is 4.99 Å². The van der Waals surface area contributed by atoms with Gasteiger partial charge in [0.15, 0.2) is 17.5 Å². The van der Waals surface area contributed by atoms with Crippen LogP contribution in [0.5, 0.6) is 11.5 Å². The molecule has 3 N–H and O–H groups in total. The zero-order valence-electron chi connectivity index (χ0n) is 19.7. The van der Waals surface area contributed by atoms with E-state index in [-0.39, 0.29) is 5.91 Å². The quantitative estimate of drug-likeness (QED) is 0.347. The zero-order chi connectivity index (χ0) is 23.2. The number of rotatable bonds is 12. The lowest BCUT2D eigenvalue weighted by Gasteiger charge is -2.14. The number of nitrogens with zero attached hydrogens (tertiary/aromatic N) is 1. The molecule has 0 aromatic heterocycles. The number of benzene rings is 2. The largest absolute Gasteiger partial charge is 0.490 e. The Bertz CT molecular complexity index is 866. The highest BCUT2D eigenvalue weighted by Crippen LogP contribution is 2.28. The average molecular weight is 441 g/mol. The molecule has 0 bridgehead atoms. The molecule has 7 heteroatoms. The Kier molecular flexibility index (Phi) is 10.9. The molecule has 0 aliphatic heterocycles. The van der Waals surface area contributed by atoms with Crippen molar-refractivity contribution in [3.8, 4) is 11.5 Å². The van der Waals surface area contributed by atoms with E-state index in [4.69, 9.17) is 9.47 Å². The third-order valence-corrected chi connectivity index (χ3v) is 4.63. The van der Waals surface area contributed by atoms with Gasteiger partial charge in [0.05, 0.1) is 19.8 Å². The maximum Gasteiger partial charge on any atom is 0.251 e. The lowest BCUT2D eigenvalue weighted by atomic mass is 10.1. The Balaban J connectivity index is 1.93. The Labute approximate surface area is 191 Å². The summed E-state index contributed by atoms with van der Waals surface area (Å²) >= 11 is 0. The van der Waals surface area contributed by atoms with Gasteiger partial charge in [0, 0.05) is 25.2 Å². The van der Waals surface area contributed by atoms with Gasteiger partial charge in [0.2, 0.25) is 0 Å². The van der Waals surface area contributed by atoms with Crippen LogP contribution in [0.1, 0.15) is 49.2 Å². The van der Waals surface area contributed by atoms with Gasteiger partial charge in [-0.05, 0) is 69.5 Å². The molecule has 0 spiro atoms. The summed E-state index contributed by atoms with van der Waals surface area (Å²) in [5, 5.41) is 9.46. The highest BCUT2D eigenvalue weighted by atomic mass is 16.5. The molecule has 32 heavy (non-hydrogen) atoms. The Morgan fingerprint density at radius 1 is 0.812 bits per heavy atom. The summed E-state index contributed by atoms with van der Waals surface area (Å²) in [6, 6.07) is 13.6. The van der Waals surface area contributed by atoms with Crippen LogP contribution < -0.4 is 25.4 Å². The fraction of sp³-hybridized carbons (Fsp3) is 0.440. The first kappa shape index (κ1) is 25.0. The van der Waals surface area contributed by atoms with E-state index in [9.17, 15) is 4.79 Å². The summed E-state index contributed by atoms with van der Waals surface area (Å²) in [5.41, 5.74) is 2.87. The van der Waals surface area contributed by atoms with Crippen molar-refractivity contribution < 1.29 is 14.3 Å². The minimum Gasteiger partial charge on any atom is -0.490 e. The Morgan fingerprint density at radius 3 is 2.12 bits per heavy atom. The lowest BCUT2D eigenvalue weighted by molar-refractivity contribution is 0.0956. The molecule has 0 radical (unpaired) electrons. The van der Waals surface area contributed by atoms with Gasteiger partial charge in [-0.2, -0.15) is 0 Å². The molecule has 0 saturated carbocycles. The molecule has 0 atom stereocenters. The predicted octanol–water partition coefficient (Wildman–Crippen LogP) is 3.53. The molecule has 2 aromatic carbocycles. The second kappa shape index (κ2) is 14.0. The summed E-state index contributed by atoms with van der Waals surface area (Å²) in [7, 11) is 0. The van der Waals surface area contributed by atoms with Crippen molar-refractivity contribution in [2.24, 2.45) is 4.99 Å². The molecule has 0 heterocycles. The summed E-state index contributed by atoms with van der Waals surface area (Å²) in [6.07, 6.45) is 0.831. The van der Waals surface area contributed by atoms with E-state index in [0.29, 0.717) is 31.9 Å². The second-order valence-electron chi connectivity index (χ2n) is 7.08. The fourth-order valence-electron chi connectivity index (χ4n) is 3.11. The summed E-state index contributed by atoms with van der Waals surface area (Å²) in [4.78, 5) is 16.5. The van der Waals surface area contributed by atoms with Crippen molar-refractivity contribution in [1.29, 1.82) is 0 Å². The van der Waals surface area contributed by atoms with Crippen LogP contribution in [0.3, 0.4) is 0 Å². The first-order chi connectivity index (χ1) is 15.6. The Morgan fingerprint density at radius 2 is 1.47 bits per heavy atom. The molecular formula is C25H36N4O3. The van der Waals surface area contributed by atoms with Crippen molar-refractivity contribution in [3.05, 3.63) is 59.2 Å². The van der Waals surface area contributed by atoms with Gasteiger partial charge in [0.25, 0.3) is 5.91 Å². The average Bonchev–Trinajstić information content (AvgIpc) is 2.80. The second-order valence-corrected chi connectivity index (χ2v) is 7.08. The summed E-state index contributed by atoms with van der Waals surface area (Å²) < 4.78 is 11.3. The lowest BCUT2D eigenvalue weighted by Crippen LogP contribution is -2.38. The van der Waals surface area contributed by atoms with E-state index in [1.807, 2.05) is 64.1 Å². The number of hydrogen-bond donors (Lipinski definition) is 3. The van der Waals surface area contributed by atoms with Gasteiger partial charge in [-0.15, -0.1) is 0 Å². The molecule has 2 aromatic rings. The monoisotopic (exact) mass is 440 g/mol. The first-order valence-electron chi connectivity index (χ1n) is 11.4. The molecule has 1 amide bonds. The van der Waals surface area contributed by atoms with Crippen LogP contribution in [0.4, 0.5) is 0 Å². The maximum absolute atomic E-state index is 11.9. The van der Waals surface area contributed by atoms with Crippen LogP contribution in [-0.4, -0.2) is 44.7 Å². The minimum atomic E-state index is -0.0562. The molecule has 2 rings (SSSR count). The summed E-state index contributed by atoms with van der Waals surface area (Å²) in [6.45, 7) is 11.8. The SMILES string of the molecule is CCNC(=O)c1ccc(CN=C(NCC)NCCc2ccc(OCC)c(OCC)c2)cc1. The van der Waals surface area contributed by atoms with E-state index in [1.54, 1.807) is 0 Å². The Hall–Kier alpha value is -3.22. The molecule has 0 fully saturated rings. The van der Waals surface area contributed by atoms with Crippen LogP contribution in [0.15, 0.2) is 47.5 Å². The number of guanidine groups is 1. The van der Waals surface area contributed by atoms with E-state index in [2.05, 4.69) is 27.0 Å². The molecule has 7 nitrogen and oxygen atoms in total. The van der Waals surface area contributed by atoms with Crippen molar-refractivity contribution in [2.45, 2.75) is 40.7 Å². The minimum absolute atomic E-state index is 0.0562. The van der Waals surface area contributed by atoms with E-state index < -0.39 is 0 Å². The van der Waals surface area contributed by atoms with Crippen molar-refractivity contribution in [3.63, 3.8) is 0 Å². The topological polar surface area (TPSA) is 84.0 Å². The molecule has 0 aliphatic carbocycles. The molecule has 174 valence electrons. The number of carbonyl (C=O) groups is 1. The van der Waals surface area contributed by atoms with Crippen LogP contribution in [0.25, 0.3) is 0 Å². The van der Waals surface area contributed by atoms with E-state index in [0.717, 1.165) is 42.5 Å². The van der Waals surface area contributed by atoms with Crippen LogP contribution in [0, 0.1) is 0 Å². The van der Waals surface area contributed by atoms with Crippen molar-refractivity contribution >= 4 is 11.9 Å². The molecular weight excluding hydrogens is 404 g/mol. The molecule has 0 aliphatic rings. The number of nitrogens with one attached hydrogen (secondary N) is 3. The van der Waals surface area contributed by atoms with E-state index in [1.165, 1.54) is 5.56 Å². The highest BCUT2D eigenvalue weighted by Gasteiger charge is 2.07. The smallest absolute Gasteiger partial charge is 0.251 e. The van der Waals surface area contributed by atoms with Gasteiger partial charge in [-0.1, -0.05) is 18.2 Å².